The van der Waals surface area contributed by atoms with Crippen LogP contribution >= 0.6 is 0 Å². The van der Waals surface area contributed by atoms with E-state index in [0.717, 1.165) is 11.1 Å². The van der Waals surface area contributed by atoms with E-state index in [0.29, 0.717) is 12.8 Å². The molecule has 0 bridgehead atoms. The molecule has 0 atom stereocenters. The number of hydrogen-bond donors (Lipinski definition) is 0. The molecule has 1 aliphatic carbocycles. The summed E-state index contributed by atoms with van der Waals surface area (Å²) in [5.74, 6) is -0.410. The van der Waals surface area contributed by atoms with E-state index < -0.39 is 5.41 Å². The summed E-state index contributed by atoms with van der Waals surface area (Å²) in [6.07, 6.45) is 1.03. The van der Waals surface area contributed by atoms with E-state index >= 15 is 0 Å². The van der Waals surface area contributed by atoms with Crippen molar-refractivity contribution in [2.24, 2.45) is 5.41 Å². The molecular formula is C12H10O3. The number of ketones is 1. The Labute approximate surface area is 87.0 Å². The number of carbonyl (C=O) groups is 2. The van der Waals surface area contributed by atoms with Crippen molar-refractivity contribution >= 4 is 11.8 Å². The lowest BCUT2D eigenvalue weighted by molar-refractivity contribution is -0.146. The van der Waals surface area contributed by atoms with Gasteiger partial charge in [0.25, 0.3) is 0 Å². The van der Waals surface area contributed by atoms with Crippen LogP contribution in [-0.2, 0) is 27.2 Å². The van der Waals surface area contributed by atoms with Crippen molar-refractivity contribution in [1.82, 2.24) is 0 Å². The molecule has 3 rings (SSSR count). The molecule has 1 fully saturated rings. The molecule has 2 aliphatic rings. The molecule has 1 spiro atoms. The van der Waals surface area contributed by atoms with Gasteiger partial charge in [-0.2, -0.15) is 0 Å². The Hall–Kier alpha value is -1.64. The van der Waals surface area contributed by atoms with Gasteiger partial charge in [-0.3, -0.25) is 9.59 Å². The number of esters is 1. The highest BCUT2D eigenvalue weighted by Gasteiger charge is 2.55. The van der Waals surface area contributed by atoms with Crippen LogP contribution in [0.4, 0.5) is 0 Å². The van der Waals surface area contributed by atoms with Crippen molar-refractivity contribution < 1.29 is 14.3 Å². The monoisotopic (exact) mass is 202 g/mol. The molecule has 1 aromatic rings. The predicted octanol–water partition coefficient (Wildman–Crippen LogP) is 0.897. The predicted molar refractivity (Wildman–Crippen MR) is 52.2 cm³/mol. The Bertz CT molecular complexity index is 419. The van der Waals surface area contributed by atoms with Gasteiger partial charge in [0.05, 0.1) is 0 Å². The lowest BCUT2D eigenvalue weighted by atomic mass is 9.82. The summed E-state index contributed by atoms with van der Waals surface area (Å²) >= 11 is 0. The summed E-state index contributed by atoms with van der Waals surface area (Å²) in [7, 11) is 0. The largest absolute Gasteiger partial charge is 0.457 e. The molecule has 1 aliphatic heterocycles. The normalized spacial score (nSPS) is 21.9. The molecule has 15 heavy (non-hydrogen) atoms. The van der Waals surface area contributed by atoms with Crippen LogP contribution in [0.5, 0.6) is 0 Å². The third kappa shape index (κ3) is 1.00. The van der Waals surface area contributed by atoms with E-state index in [4.69, 9.17) is 4.74 Å². The molecule has 3 nitrogen and oxygen atoms in total. The summed E-state index contributed by atoms with van der Waals surface area (Å²) in [5, 5.41) is 0. The zero-order chi connectivity index (χ0) is 10.5. The van der Waals surface area contributed by atoms with Crippen LogP contribution in [0.25, 0.3) is 0 Å². The van der Waals surface area contributed by atoms with Gasteiger partial charge in [-0.1, -0.05) is 24.3 Å². The summed E-state index contributed by atoms with van der Waals surface area (Å²) < 4.78 is 4.85. The second kappa shape index (κ2) is 2.69. The fourth-order valence-electron chi connectivity index (χ4n) is 2.48. The molecule has 3 heteroatoms. The van der Waals surface area contributed by atoms with E-state index in [1.807, 2.05) is 24.3 Å². The number of ether oxygens (including phenoxy) is 1. The quantitative estimate of drug-likeness (QED) is 0.463. The Balaban J connectivity index is 2.07. The van der Waals surface area contributed by atoms with Gasteiger partial charge in [-0.05, 0) is 24.0 Å². The number of Topliss-reactive ketones (excluding diaryl/α,β-unsaturated/α-hetero) is 1. The second-order valence-corrected chi connectivity index (χ2v) is 4.20. The van der Waals surface area contributed by atoms with Crippen molar-refractivity contribution in [3.05, 3.63) is 35.4 Å². The van der Waals surface area contributed by atoms with Gasteiger partial charge in [0.15, 0.2) is 12.4 Å². The fraction of sp³-hybridized carbons (Fsp3) is 0.333. The number of carbonyl (C=O) groups excluding carboxylic acids is 2. The average molecular weight is 202 g/mol. The second-order valence-electron chi connectivity index (χ2n) is 4.20. The first-order valence-electron chi connectivity index (χ1n) is 5.00. The highest BCUT2D eigenvalue weighted by Crippen LogP contribution is 2.41. The summed E-state index contributed by atoms with van der Waals surface area (Å²) in [6, 6.07) is 7.82. The minimum atomic E-state index is -0.885. The minimum absolute atomic E-state index is 0.0488. The van der Waals surface area contributed by atoms with E-state index in [9.17, 15) is 9.59 Å². The number of benzene rings is 1. The Morgan fingerprint density at radius 2 is 1.67 bits per heavy atom. The van der Waals surface area contributed by atoms with E-state index in [-0.39, 0.29) is 18.4 Å². The van der Waals surface area contributed by atoms with Crippen LogP contribution in [0, 0.1) is 5.41 Å². The topological polar surface area (TPSA) is 43.4 Å². The van der Waals surface area contributed by atoms with E-state index in [1.54, 1.807) is 0 Å². The molecule has 1 heterocycles. The third-order valence-electron chi connectivity index (χ3n) is 3.36. The van der Waals surface area contributed by atoms with Crippen molar-refractivity contribution in [1.29, 1.82) is 0 Å². The smallest absolute Gasteiger partial charge is 0.320 e. The number of cyclic esters (lactones) is 1. The summed E-state index contributed by atoms with van der Waals surface area (Å²) in [4.78, 5) is 23.4. The lowest BCUT2D eigenvalue weighted by Gasteiger charge is -2.14. The van der Waals surface area contributed by atoms with Crippen LogP contribution in [0.2, 0.25) is 0 Å². The van der Waals surface area contributed by atoms with Crippen molar-refractivity contribution in [3.63, 3.8) is 0 Å². The zero-order valence-electron chi connectivity index (χ0n) is 8.16. The molecule has 0 aromatic heterocycles. The molecule has 0 radical (unpaired) electrons. The van der Waals surface area contributed by atoms with Crippen LogP contribution in [0.15, 0.2) is 24.3 Å². The third-order valence-corrected chi connectivity index (χ3v) is 3.36. The maximum Gasteiger partial charge on any atom is 0.320 e. The molecule has 0 unspecified atom stereocenters. The Morgan fingerprint density at radius 1 is 1.07 bits per heavy atom. The lowest BCUT2D eigenvalue weighted by Crippen LogP contribution is -2.34. The van der Waals surface area contributed by atoms with Gasteiger partial charge < -0.3 is 4.74 Å². The first-order valence-corrected chi connectivity index (χ1v) is 5.00. The molecule has 1 aromatic carbocycles. The molecule has 1 saturated heterocycles. The highest BCUT2D eigenvalue weighted by atomic mass is 16.5. The van der Waals surface area contributed by atoms with Crippen molar-refractivity contribution in [3.8, 4) is 0 Å². The Kier molecular flexibility index (Phi) is 1.55. The molecule has 76 valence electrons. The van der Waals surface area contributed by atoms with Gasteiger partial charge in [0.2, 0.25) is 0 Å². The standard InChI is InChI=1S/C12H10O3/c13-10-7-15-11(14)12(10)5-8-3-1-2-4-9(8)6-12/h1-4H,5-7H2. The van der Waals surface area contributed by atoms with E-state index in [1.165, 1.54) is 0 Å². The summed E-state index contributed by atoms with van der Waals surface area (Å²) in [6.45, 7) is -0.0488. The molecule has 0 amide bonds. The van der Waals surface area contributed by atoms with Gasteiger partial charge in [-0.15, -0.1) is 0 Å². The van der Waals surface area contributed by atoms with Crippen LogP contribution in [-0.4, -0.2) is 18.4 Å². The van der Waals surface area contributed by atoms with Gasteiger partial charge >= 0.3 is 5.97 Å². The maximum absolute atomic E-state index is 11.7. The van der Waals surface area contributed by atoms with Gasteiger partial charge in [0, 0.05) is 0 Å². The average Bonchev–Trinajstić information content (AvgIpc) is 2.75. The van der Waals surface area contributed by atoms with Gasteiger partial charge in [-0.25, -0.2) is 0 Å². The first-order chi connectivity index (χ1) is 7.22. The van der Waals surface area contributed by atoms with Crippen LogP contribution in [0.1, 0.15) is 11.1 Å². The fourth-order valence-corrected chi connectivity index (χ4v) is 2.48. The number of fused-ring (bicyclic) bond motifs is 1. The zero-order valence-corrected chi connectivity index (χ0v) is 8.16. The van der Waals surface area contributed by atoms with Crippen molar-refractivity contribution in [2.75, 3.05) is 6.61 Å². The molecular weight excluding hydrogens is 192 g/mol. The highest BCUT2D eigenvalue weighted by molar-refractivity contribution is 6.10. The summed E-state index contributed by atoms with van der Waals surface area (Å²) in [5.41, 5.74) is 1.32. The first kappa shape index (κ1) is 8.65. The van der Waals surface area contributed by atoms with Crippen LogP contribution < -0.4 is 0 Å². The van der Waals surface area contributed by atoms with Gasteiger partial charge in [0.1, 0.15) is 5.41 Å². The van der Waals surface area contributed by atoms with Crippen LogP contribution in [0.3, 0.4) is 0 Å². The number of rotatable bonds is 0. The molecule has 0 saturated carbocycles. The van der Waals surface area contributed by atoms with E-state index in [2.05, 4.69) is 0 Å². The number of hydrogen-bond acceptors (Lipinski definition) is 3. The Morgan fingerprint density at radius 3 is 2.13 bits per heavy atom. The SMILES string of the molecule is O=C1COC(=O)C12Cc1ccccc1C2. The molecule has 0 N–H and O–H groups in total. The minimum Gasteiger partial charge on any atom is -0.457 e. The maximum atomic E-state index is 11.7. The van der Waals surface area contributed by atoms with Crippen molar-refractivity contribution in [2.45, 2.75) is 12.8 Å².